The smallest absolute Gasteiger partial charge is 0.253 e. The maximum Gasteiger partial charge on any atom is 0.253 e. The van der Waals surface area contributed by atoms with Crippen molar-refractivity contribution in [2.75, 3.05) is 24.7 Å². The van der Waals surface area contributed by atoms with Gasteiger partial charge in [0.05, 0.1) is 0 Å². The van der Waals surface area contributed by atoms with Crippen LogP contribution < -0.4 is 10.2 Å². The SMILES string of the molecule is CN(C)c1ccc(/C=C2\CSC(=S)NC2=O)cc1. The van der Waals surface area contributed by atoms with Crippen molar-refractivity contribution in [3.05, 3.63) is 35.4 Å². The molecule has 0 unspecified atom stereocenters. The fraction of sp³-hybridized carbons (Fsp3) is 0.231. The summed E-state index contributed by atoms with van der Waals surface area (Å²) in [5.41, 5.74) is 2.92. The van der Waals surface area contributed by atoms with Gasteiger partial charge in [0.1, 0.15) is 4.32 Å². The molecule has 18 heavy (non-hydrogen) atoms. The maximum atomic E-state index is 11.7. The van der Waals surface area contributed by atoms with Crippen molar-refractivity contribution >= 4 is 46.0 Å². The first-order valence-electron chi connectivity index (χ1n) is 5.52. The molecule has 1 aliphatic rings. The molecule has 0 saturated carbocycles. The number of amides is 1. The summed E-state index contributed by atoms with van der Waals surface area (Å²) in [6.45, 7) is 0. The van der Waals surface area contributed by atoms with Gasteiger partial charge in [-0.1, -0.05) is 36.1 Å². The predicted octanol–water partition coefficient (Wildman–Crippen LogP) is 2.28. The fourth-order valence-corrected chi connectivity index (χ4v) is 2.53. The zero-order chi connectivity index (χ0) is 13.1. The first-order valence-corrected chi connectivity index (χ1v) is 6.92. The van der Waals surface area contributed by atoms with Gasteiger partial charge in [-0.3, -0.25) is 4.79 Å². The molecule has 94 valence electrons. The van der Waals surface area contributed by atoms with Gasteiger partial charge in [-0.2, -0.15) is 0 Å². The van der Waals surface area contributed by atoms with E-state index in [9.17, 15) is 4.79 Å². The summed E-state index contributed by atoms with van der Waals surface area (Å²) in [4.78, 5) is 13.7. The zero-order valence-corrected chi connectivity index (χ0v) is 11.9. The molecule has 1 N–H and O–H groups in total. The van der Waals surface area contributed by atoms with Gasteiger partial charge >= 0.3 is 0 Å². The van der Waals surface area contributed by atoms with Crippen LogP contribution in [0.5, 0.6) is 0 Å². The van der Waals surface area contributed by atoms with E-state index in [0.717, 1.165) is 16.8 Å². The Labute approximate surface area is 116 Å². The number of thiocarbonyl (C=S) groups is 1. The summed E-state index contributed by atoms with van der Waals surface area (Å²) in [5, 5.41) is 2.66. The first kappa shape index (κ1) is 13.1. The van der Waals surface area contributed by atoms with E-state index >= 15 is 0 Å². The van der Waals surface area contributed by atoms with Gasteiger partial charge < -0.3 is 10.2 Å². The van der Waals surface area contributed by atoms with Crippen molar-refractivity contribution < 1.29 is 4.79 Å². The van der Waals surface area contributed by atoms with Crippen LogP contribution in [0.4, 0.5) is 5.69 Å². The van der Waals surface area contributed by atoms with Crippen LogP contribution in [0.2, 0.25) is 0 Å². The highest BCUT2D eigenvalue weighted by Crippen LogP contribution is 2.19. The molecule has 0 spiro atoms. The Kier molecular flexibility index (Phi) is 4.04. The number of nitrogens with one attached hydrogen (secondary N) is 1. The Morgan fingerprint density at radius 1 is 1.33 bits per heavy atom. The number of thioether (sulfide) groups is 1. The summed E-state index contributed by atoms with van der Waals surface area (Å²) in [6.07, 6.45) is 1.91. The van der Waals surface area contributed by atoms with Gasteiger partial charge in [-0.25, -0.2) is 0 Å². The van der Waals surface area contributed by atoms with Crippen LogP contribution in [-0.4, -0.2) is 30.1 Å². The molecular formula is C13H14N2OS2. The van der Waals surface area contributed by atoms with Gasteiger partial charge in [-0.05, 0) is 23.8 Å². The molecule has 1 aliphatic heterocycles. The van der Waals surface area contributed by atoms with E-state index in [1.54, 1.807) is 0 Å². The third-order valence-electron chi connectivity index (χ3n) is 2.62. The minimum Gasteiger partial charge on any atom is -0.378 e. The Bertz CT molecular complexity index is 506. The van der Waals surface area contributed by atoms with Gasteiger partial charge in [-0.15, -0.1) is 0 Å². The van der Waals surface area contributed by atoms with E-state index in [0.29, 0.717) is 10.1 Å². The van der Waals surface area contributed by atoms with E-state index in [-0.39, 0.29) is 5.91 Å². The van der Waals surface area contributed by atoms with Crippen LogP contribution in [0, 0.1) is 0 Å². The number of nitrogens with zero attached hydrogens (tertiary/aromatic N) is 1. The van der Waals surface area contributed by atoms with Gasteiger partial charge in [0.15, 0.2) is 0 Å². The Morgan fingerprint density at radius 3 is 2.56 bits per heavy atom. The van der Waals surface area contributed by atoms with Crippen molar-refractivity contribution in [3.8, 4) is 0 Å². The van der Waals surface area contributed by atoms with Gasteiger partial charge in [0, 0.05) is 31.1 Å². The molecule has 0 aliphatic carbocycles. The number of rotatable bonds is 2. The van der Waals surface area contributed by atoms with Crippen LogP contribution in [0.1, 0.15) is 5.56 Å². The summed E-state index contributed by atoms with van der Waals surface area (Å²) in [5.74, 6) is 0.551. The van der Waals surface area contributed by atoms with Crippen LogP contribution >= 0.6 is 24.0 Å². The van der Waals surface area contributed by atoms with Crippen molar-refractivity contribution in [1.29, 1.82) is 0 Å². The number of carbonyl (C=O) groups excluding carboxylic acids is 1. The highest BCUT2D eigenvalue weighted by Gasteiger charge is 2.18. The van der Waals surface area contributed by atoms with Crippen LogP contribution in [-0.2, 0) is 4.79 Å². The highest BCUT2D eigenvalue weighted by molar-refractivity contribution is 8.23. The lowest BCUT2D eigenvalue weighted by Gasteiger charge is -2.15. The van der Waals surface area contributed by atoms with Gasteiger partial charge in [0.2, 0.25) is 0 Å². The van der Waals surface area contributed by atoms with Crippen molar-refractivity contribution in [2.24, 2.45) is 0 Å². The Hall–Kier alpha value is -1.33. The summed E-state index contributed by atoms with van der Waals surface area (Å²) in [6, 6.07) is 8.08. The summed E-state index contributed by atoms with van der Waals surface area (Å²) < 4.78 is 0.556. The van der Waals surface area contributed by atoms with Crippen LogP contribution in [0.15, 0.2) is 29.8 Å². The standard InChI is InChI=1S/C13H14N2OS2/c1-15(2)11-5-3-9(4-6-11)7-10-8-18-13(17)14-12(10)16/h3-7H,8H2,1-2H3,(H,14,16,17)/b10-7+. The first-order chi connectivity index (χ1) is 8.56. The van der Waals surface area contributed by atoms with Crippen LogP contribution in [0.3, 0.4) is 0 Å². The molecule has 5 heteroatoms. The molecule has 1 amide bonds. The highest BCUT2D eigenvalue weighted by atomic mass is 32.2. The lowest BCUT2D eigenvalue weighted by Crippen LogP contribution is -2.33. The average molecular weight is 278 g/mol. The second kappa shape index (κ2) is 5.54. The number of hydrogen-bond acceptors (Lipinski definition) is 4. The minimum absolute atomic E-state index is 0.0876. The second-order valence-electron chi connectivity index (χ2n) is 4.19. The molecule has 2 rings (SSSR count). The molecular weight excluding hydrogens is 264 g/mol. The third kappa shape index (κ3) is 3.11. The maximum absolute atomic E-state index is 11.7. The predicted molar refractivity (Wildman–Crippen MR) is 81.9 cm³/mol. The third-order valence-corrected chi connectivity index (χ3v) is 3.89. The average Bonchev–Trinajstić information content (AvgIpc) is 2.33. The number of carbonyl (C=O) groups is 1. The second-order valence-corrected chi connectivity index (χ2v) is 5.84. The Balaban J connectivity index is 2.17. The van der Waals surface area contributed by atoms with Crippen molar-refractivity contribution in [3.63, 3.8) is 0 Å². The van der Waals surface area contributed by atoms with E-state index in [1.165, 1.54) is 11.8 Å². The monoisotopic (exact) mass is 278 g/mol. The summed E-state index contributed by atoms with van der Waals surface area (Å²) in [7, 11) is 4.00. The molecule has 0 atom stereocenters. The van der Waals surface area contributed by atoms with E-state index in [1.807, 2.05) is 49.3 Å². The minimum atomic E-state index is -0.0876. The quantitative estimate of drug-likeness (QED) is 0.664. The van der Waals surface area contributed by atoms with E-state index in [2.05, 4.69) is 5.32 Å². The van der Waals surface area contributed by atoms with Gasteiger partial charge in [0.25, 0.3) is 5.91 Å². The topological polar surface area (TPSA) is 32.3 Å². The zero-order valence-electron chi connectivity index (χ0n) is 10.3. The fourth-order valence-electron chi connectivity index (χ4n) is 1.59. The molecule has 1 saturated heterocycles. The molecule has 0 radical (unpaired) electrons. The molecule has 3 nitrogen and oxygen atoms in total. The van der Waals surface area contributed by atoms with Crippen molar-refractivity contribution in [2.45, 2.75) is 0 Å². The molecule has 1 aromatic carbocycles. The molecule has 0 aromatic heterocycles. The number of anilines is 1. The number of hydrogen-bond donors (Lipinski definition) is 1. The number of benzene rings is 1. The van der Waals surface area contributed by atoms with Crippen LogP contribution in [0.25, 0.3) is 6.08 Å². The van der Waals surface area contributed by atoms with E-state index in [4.69, 9.17) is 12.2 Å². The summed E-state index contributed by atoms with van der Waals surface area (Å²) >= 11 is 6.42. The molecule has 0 bridgehead atoms. The molecule has 1 fully saturated rings. The molecule has 1 aromatic rings. The largest absolute Gasteiger partial charge is 0.378 e. The Morgan fingerprint density at radius 2 is 2.00 bits per heavy atom. The lowest BCUT2D eigenvalue weighted by atomic mass is 10.1. The van der Waals surface area contributed by atoms with Crippen molar-refractivity contribution in [1.82, 2.24) is 5.32 Å². The molecule has 1 heterocycles. The lowest BCUT2D eigenvalue weighted by molar-refractivity contribution is -0.115. The normalized spacial score (nSPS) is 17.8. The van der Waals surface area contributed by atoms with E-state index < -0.39 is 0 Å².